The van der Waals surface area contributed by atoms with E-state index < -0.39 is 0 Å². The van der Waals surface area contributed by atoms with Gasteiger partial charge in [-0.2, -0.15) is 0 Å². The lowest BCUT2D eigenvalue weighted by atomic mass is 10.0. The molecule has 21 heavy (non-hydrogen) atoms. The van der Waals surface area contributed by atoms with Gasteiger partial charge in [0.05, 0.1) is 10.7 Å². The molecule has 1 rings (SSSR count). The first kappa shape index (κ1) is 17.3. The summed E-state index contributed by atoms with van der Waals surface area (Å²) in [6.45, 7) is 7.02. The quantitative estimate of drug-likeness (QED) is 0.618. The number of aliphatic hydroxyl groups is 1. The van der Waals surface area contributed by atoms with Crippen molar-refractivity contribution in [2.75, 3.05) is 11.1 Å². The molecule has 0 aliphatic carbocycles. The van der Waals surface area contributed by atoms with Crippen LogP contribution in [0.25, 0.3) is 0 Å². The zero-order valence-electron chi connectivity index (χ0n) is 12.8. The van der Waals surface area contributed by atoms with Gasteiger partial charge < -0.3 is 10.4 Å². The number of hydrogen-bond donors (Lipinski definition) is 2. The summed E-state index contributed by atoms with van der Waals surface area (Å²) in [5, 5.41) is 12.1. The van der Waals surface area contributed by atoms with Gasteiger partial charge in [-0.05, 0) is 37.5 Å². The van der Waals surface area contributed by atoms with Crippen LogP contribution >= 0.6 is 11.8 Å². The van der Waals surface area contributed by atoms with Gasteiger partial charge in [0, 0.05) is 5.69 Å². The molecule has 0 unspecified atom stereocenters. The molecule has 0 heterocycles. The Morgan fingerprint density at radius 1 is 1.19 bits per heavy atom. The van der Waals surface area contributed by atoms with Crippen molar-refractivity contribution in [3.8, 4) is 0 Å². The third kappa shape index (κ3) is 5.63. The lowest BCUT2D eigenvalue weighted by Gasteiger charge is -2.09. The topological polar surface area (TPSA) is 66.4 Å². The second kappa shape index (κ2) is 7.88. The zero-order valence-corrected chi connectivity index (χ0v) is 13.6. The third-order valence-electron chi connectivity index (χ3n) is 2.86. The highest BCUT2D eigenvalue weighted by Crippen LogP contribution is 2.21. The van der Waals surface area contributed by atoms with E-state index >= 15 is 0 Å². The highest BCUT2D eigenvalue weighted by atomic mass is 32.2. The van der Waals surface area contributed by atoms with Gasteiger partial charge in [-0.15, -0.1) is 11.8 Å². The second-order valence-electron chi connectivity index (χ2n) is 5.08. The molecule has 4 nitrogen and oxygen atoms in total. The van der Waals surface area contributed by atoms with Crippen LogP contribution in [-0.2, 0) is 9.59 Å². The molecule has 0 aliphatic heterocycles. The Bertz CT molecular complexity index is 543. The lowest BCUT2D eigenvalue weighted by molar-refractivity contribution is -0.114. The lowest BCUT2D eigenvalue weighted by Crippen LogP contribution is -2.15. The largest absolute Gasteiger partial charge is 0.511 e. The van der Waals surface area contributed by atoms with Crippen molar-refractivity contribution in [3.05, 3.63) is 40.5 Å². The number of allylic oxidation sites excluding steroid dienone is 2. The summed E-state index contributed by atoms with van der Waals surface area (Å²) in [6.07, 6.45) is 0. The number of carbonyl (C=O) groups excluding carboxylic acids is 2. The molecule has 0 saturated carbocycles. The van der Waals surface area contributed by atoms with Crippen LogP contribution in [-0.4, -0.2) is 22.5 Å². The van der Waals surface area contributed by atoms with Gasteiger partial charge in [-0.1, -0.05) is 26.0 Å². The van der Waals surface area contributed by atoms with E-state index in [0.717, 1.165) is 17.4 Å². The molecular formula is C16H21NO3S. The van der Waals surface area contributed by atoms with Crippen LogP contribution in [0, 0.1) is 0 Å². The number of nitrogens with one attached hydrogen (secondary N) is 1. The summed E-state index contributed by atoms with van der Waals surface area (Å²) in [4.78, 5) is 23.3. The number of benzene rings is 1. The number of ketones is 1. The average Bonchev–Trinajstić information content (AvgIpc) is 2.38. The van der Waals surface area contributed by atoms with Crippen LogP contribution in [0.4, 0.5) is 5.69 Å². The van der Waals surface area contributed by atoms with E-state index in [1.165, 1.54) is 19.4 Å². The maximum atomic E-state index is 11.8. The number of thioether (sulfide) groups is 1. The number of rotatable bonds is 6. The van der Waals surface area contributed by atoms with Gasteiger partial charge in [0.15, 0.2) is 5.78 Å². The maximum Gasteiger partial charge on any atom is 0.234 e. The number of aliphatic hydroxyl groups excluding tert-OH is 1. The van der Waals surface area contributed by atoms with E-state index in [-0.39, 0.29) is 28.1 Å². The molecule has 0 saturated heterocycles. The Kier molecular flexibility index (Phi) is 6.49. The fourth-order valence-electron chi connectivity index (χ4n) is 1.75. The number of carbonyl (C=O) groups is 2. The molecular weight excluding hydrogens is 286 g/mol. The summed E-state index contributed by atoms with van der Waals surface area (Å²) in [7, 11) is 0. The van der Waals surface area contributed by atoms with Crippen molar-refractivity contribution in [2.45, 2.75) is 33.6 Å². The number of anilines is 1. The van der Waals surface area contributed by atoms with Crippen molar-refractivity contribution >= 4 is 29.1 Å². The fourth-order valence-corrected chi connectivity index (χ4v) is 2.51. The second-order valence-corrected chi connectivity index (χ2v) is 6.07. The standard InChI is InChI=1S/C16H21NO3S/c1-10(2)13-5-7-14(8-6-13)17-15(20)9-21-16(11(3)18)12(4)19/h5-8,10,18H,9H2,1-4H3,(H,17,20)/b16-11+. The van der Waals surface area contributed by atoms with Crippen molar-refractivity contribution in [1.29, 1.82) is 0 Å². The monoisotopic (exact) mass is 307 g/mol. The summed E-state index contributed by atoms with van der Waals surface area (Å²) in [5.41, 5.74) is 1.93. The first-order valence-corrected chi connectivity index (χ1v) is 7.73. The Labute approximate surface area is 129 Å². The Hall–Kier alpha value is -1.75. The van der Waals surface area contributed by atoms with Crippen LogP contribution in [0.1, 0.15) is 39.2 Å². The van der Waals surface area contributed by atoms with Gasteiger partial charge in [0.25, 0.3) is 0 Å². The molecule has 0 fully saturated rings. The van der Waals surface area contributed by atoms with E-state index in [2.05, 4.69) is 19.2 Å². The summed E-state index contributed by atoms with van der Waals surface area (Å²) < 4.78 is 0. The smallest absolute Gasteiger partial charge is 0.234 e. The zero-order chi connectivity index (χ0) is 16.0. The van der Waals surface area contributed by atoms with Crippen molar-refractivity contribution in [1.82, 2.24) is 0 Å². The van der Waals surface area contributed by atoms with Gasteiger partial charge in [0.2, 0.25) is 5.91 Å². The minimum Gasteiger partial charge on any atom is -0.511 e. The van der Waals surface area contributed by atoms with Crippen LogP contribution in [0.15, 0.2) is 34.9 Å². The molecule has 0 bridgehead atoms. The van der Waals surface area contributed by atoms with Gasteiger partial charge in [-0.25, -0.2) is 0 Å². The predicted octanol–water partition coefficient (Wildman–Crippen LogP) is 3.86. The molecule has 1 aromatic rings. The van der Waals surface area contributed by atoms with E-state index in [0.29, 0.717) is 5.92 Å². The summed E-state index contributed by atoms with van der Waals surface area (Å²) >= 11 is 1.04. The van der Waals surface area contributed by atoms with Crippen molar-refractivity contribution in [2.24, 2.45) is 0 Å². The van der Waals surface area contributed by atoms with Crippen LogP contribution in [0.5, 0.6) is 0 Å². The molecule has 1 amide bonds. The predicted molar refractivity (Wildman–Crippen MR) is 87.6 cm³/mol. The first-order valence-electron chi connectivity index (χ1n) is 6.74. The van der Waals surface area contributed by atoms with E-state index in [9.17, 15) is 14.7 Å². The molecule has 0 aromatic heterocycles. The third-order valence-corrected chi connectivity index (χ3v) is 4.14. The molecule has 2 N–H and O–H groups in total. The first-order chi connectivity index (χ1) is 9.81. The molecule has 0 atom stereocenters. The van der Waals surface area contributed by atoms with Crippen molar-refractivity contribution in [3.63, 3.8) is 0 Å². The average molecular weight is 307 g/mol. The molecule has 0 spiro atoms. The van der Waals surface area contributed by atoms with E-state index in [1.807, 2.05) is 24.3 Å². The number of Topliss-reactive ketones (excluding diaryl/α,β-unsaturated/α-hetero) is 1. The van der Waals surface area contributed by atoms with E-state index in [1.54, 1.807) is 0 Å². The van der Waals surface area contributed by atoms with Crippen molar-refractivity contribution < 1.29 is 14.7 Å². The van der Waals surface area contributed by atoms with Crippen LogP contribution in [0.3, 0.4) is 0 Å². The molecule has 0 radical (unpaired) electrons. The summed E-state index contributed by atoms with van der Waals surface area (Å²) in [5.74, 6) is 0.0210. The normalized spacial score (nSPS) is 12.0. The Morgan fingerprint density at radius 2 is 1.76 bits per heavy atom. The van der Waals surface area contributed by atoms with E-state index in [4.69, 9.17) is 0 Å². The molecule has 5 heteroatoms. The maximum absolute atomic E-state index is 11.8. The SMILES string of the molecule is CC(=O)/C(SCC(=O)Nc1ccc(C(C)C)cc1)=C(/C)O. The van der Waals surface area contributed by atoms with Crippen LogP contribution in [0.2, 0.25) is 0 Å². The molecule has 114 valence electrons. The van der Waals surface area contributed by atoms with Gasteiger partial charge in [-0.3, -0.25) is 9.59 Å². The minimum absolute atomic E-state index is 0.0541. The Balaban J connectivity index is 2.58. The highest BCUT2D eigenvalue weighted by Gasteiger charge is 2.12. The van der Waals surface area contributed by atoms with Crippen LogP contribution < -0.4 is 5.32 Å². The highest BCUT2D eigenvalue weighted by molar-refractivity contribution is 8.04. The fraction of sp³-hybridized carbons (Fsp3) is 0.375. The Morgan fingerprint density at radius 3 is 2.19 bits per heavy atom. The summed E-state index contributed by atoms with van der Waals surface area (Å²) in [6, 6.07) is 7.67. The van der Waals surface area contributed by atoms with Gasteiger partial charge >= 0.3 is 0 Å². The number of amides is 1. The molecule has 1 aromatic carbocycles. The molecule has 0 aliphatic rings. The minimum atomic E-state index is -0.242. The number of hydrogen-bond acceptors (Lipinski definition) is 4. The van der Waals surface area contributed by atoms with Gasteiger partial charge in [0.1, 0.15) is 5.76 Å².